The molecule has 4 nitrogen and oxygen atoms in total. The smallest absolute Gasteiger partial charge is 0.125 e. The maximum absolute atomic E-state index is 5.54. The summed E-state index contributed by atoms with van der Waals surface area (Å²) >= 11 is 0. The van der Waals surface area contributed by atoms with E-state index in [2.05, 4.69) is 9.97 Å². The molecule has 0 bridgehead atoms. The molecule has 4 heteroatoms. The first-order valence-electron chi connectivity index (χ1n) is 4.94. The number of nitrogens with zero attached hydrogens (tertiary/aromatic N) is 2. The topological polar surface area (TPSA) is 61.0 Å². The summed E-state index contributed by atoms with van der Waals surface area (Å²) in [6.07, 6.45) is 1.71. The van der Waals surface area contributed by atoms with E-state index in [4.69, 9.17) is 10.5 Å². The van der Waals surface area contributed by atoms with Crippen molar-refractivity contribution >= 4 is 0 Å². The Bertz CT molecular complexity index is 338. The van der Waals surface area contributed by atoms with Crippen molar-refractivity contribution in [2.45, 2.75) is 26.4 Å². The van der Waals surface area contributed by atoms with Crippen LogP contribution in [0.1, 0.15) is 22.8 Å². The second kappa shape index (κ2) is 4.02. The second-order valence-corrected chi connectivity index (χ2v) is 3.48. The van der Waals surface area contributed by atoms with Gasteiger partial charge in [0.25, 0.3) is 0 Å². The minimum absolute atomic E-state index is 0.628. The van der Waals surface area contributed by atoms with Gasteiger partial charge in [0, 0.05) is 18.4 Å². The van der Waals surface area contributed by atoms with E-state index in [1.54, 1.807) is 0 Å². The zero-order valence-corrected chi connectivity index (χ0v) is 8.42. The van der Waals surface area contributed by atoms with Crippen molar-refractivity contribution in [3.05, 3.63) is 22.8 Å². The van der Waals surface area contributed by atoms with Crippen LogP contribution in [-0.2, 0) is 24.2 Å². The van der Waals surface area contributed by atoms with Gasteiger partial charge in [-0.15, -0.1) is 0 Å². The fourth-order valence-electron chi connectivity index (χ4n) is 1.78. The van der Waals surface area contributed by atoms with Crippen LogP contribution in [0.4, 0.5) is 0 Å². The highest BCUT2D eigenvalue weighted by Gasteiger charge is 2.16. The summed E-state index contributed by atoms with van der Waals surface area (Å²) in [6.45, 7) is 3.97. The van der Waals surface area contributed by atoms with Gasteiger partial charge in [0.05, 0.1) is 24.6 Å². The Kier molecular flexibility index (Phi) is 2.74. The number of fused-ring (bicyclic) bond motifs is 1. The van der Waals surface area contributed by atoms with Gasteiger partial charge in [0.2, 0.25) is 0 Å². The molecule has 76 valence electrons. The van der Waals surface area contributed by atoms with Crippen molar-refractivity contribution in [1.82, 2.24) is 9.97 Å². The third-order valence-electron chi connectivity index (χ3n) is 2.40. The van der Waals surface area contributed by atoms with Gasteiger partial charge >= 0.3 is 0 Å². The van der Waals surface area contributed by atoms with E-state index in [0.29, 0.717) is 13.2 Å². The maximum atomic E-state index is 5.54. The molecule has 2 N–H and O–H groups in total. The van der Waals surface area contributed by atoms with E-state index in [1.807, 2.05) is 6.92 Å². The van der Waals surface area contributed by atoms with Gasteiger partial charge in [0.15, 0.2) is 0 Å². The summed E-state index contributed by atoms with van der Waals surface area (Å²) in [5.74, 6) is 0.842. The molecule has 0 fully saturated rings. The molecule has 0 saturated carbocycles. The number of aromatic nitrogens is 2. The van der Waals surface area contributed by atoms with E-state index < -0.39 is 0 Å². The molecular weight excluding hydrogens is 178 g/mol. The molecule has 0 radical (unpaired) electrons. The van der Waals surface area contributed by atoms with E-state index in [1.165, 1.54) is 0 Å². The van der Waals surface area contributed by atoms with Gasteiger partial charge in [-0.1, -0.05) is 0 Å². The Balaban J connectivity index is 2.41. The third kappa shape index (κ3) is 1.76. The molecule has 1 aliphatic heterocycles. The number of aryl methyl sites for hydroxylation is 1. The van der Waals surface area contributed by atoms with E-state index in [0.717, 1.165) is 42.2 Å². The van der Waals surface area contributed by atoms with Gasteiger partial charge in [-0.05, 0) is 13.5 Å². The lowest BCUT2D eigenvalue weighted by molar-refractivity contribution is 0.108. The quantitative estimate of drug-likeness (QED) is 0.736. The van der Waals surface area contributed by atoms with Gasteiger partial charge in [-0.2, -0.15) is 0 Å². The van der Waals surface area contributed by atoms with Crippen LogP contribution >= 0.6 is 0 Å². The Morgan fingerprint density at radius 3 is 3.07 bits per heavy atom. The van der Waals surface area contributed by atoms with E-state index >= 15 is 0 Å². The predicted molar refractivity (Wildman–Crippen MR) is 52.9 cm³/mol. The van der Waals surface area contributed by atoms with Crippen molar-refractivity contribution in [3.8, 4) is 0 Å². The monoisotopic (exact) mass is 193 g/mol. The Morgan fingerprint density at radius 1 is 1.43 bits per heavy atom. The molecule has 0 unspecified atom stereocenters. The standard InChI is InChI=1S/C10H15N3O/c1-7-12-9(2-4-11)8-6-14-5-3-10(8)13-7/h2-6,11H2,1H3. The zero-order chi connectivity index (χ0) is 9.97. The SMILES string of the molecule is Cc1nc(CCN)c2c(n1)CCOC2. The third-order valence-corrected chi connectivity index (χ3v) is 2.40. The van der Waals surface area contributed by atoms with Crippen LogP contribution in [0.2, 0.25) is 0 Å². The lowest BCUT2D eigenvalue weighted by Gasteiger charge is -2.18. The highest BCUT2D eigenvalue weighted by atomic mass is 16.5. The highest BCUT2D eigenvalue weighted by Crippen LogP contribution is 2.18. The second-order valence-electron chi connectivity index (χ2n) is 3.48. The molecule has 0 aliphatic carbocycles. The predicted octanol–water partition coefficient (Wildman–Crippen LogP) is 0.359. The molecule has 1 aliphatic rings. The minimum Gasteiger partial charge on any atom is -0.376 e. The van der Waals surface area contributed by atoms with Gasteiger partial charge in [-0.25, -0.2) is 9.97 Å². The van der Waals surface area contributed by atoms with Gasteiger partial charge < -0.3 is 10.5 Å². The molecule has 0 saturated heterocycles. The van der Waals surface area contributed by atoms with Gasteiger partial charge in [-0.3, -0.25) is 0 Å². The average molecular weight is 193 g/mol. The van der Waals surface area contributed by atoms with Crippen LogP contribution in [0.15, 0.2) is 0 Å². The largest absolute Gasteiger partial charge is 0.376 e. The van der Waals surface area contributed by atoms with Gasteiger partial charge in [0.1, 0.15) is 5.82 Å². The minimum atomic E-state index is 0.628. The summed E-state index contributed by atoms with van der Waals surface area (Å²) in [4.78, 5) is 8.83. The van der Waals surface area contributed by atoms with Crippen molar-refractivity contribution < 1.29 is 4.74 Å². The Morgan fingerprint density at radius 2 is 2.29 bits per heavy atom. The lowest BCUT2D eigenvalue weighted by atomic mass is 10.1. The number of hydrogen-bond acceptors (Lipinski definition) is 4. The number of nitrogens with two attached hydrogens (primary N) is 1. The van der Waals surface area contributed by atoms with Crippen LogP contribution in [-0.4, -0.2) is 23.1 Å². The zero-order valence-electron chi connectivity index (χ0n) is 8.42. The molecule has 0 aromatic carbocycles. The molecule has 0 amide bonds. The molecule has 14 heavy (non-hydrogen) atoms. The van der Waals surface area contributed by atoms with Crippen LogP contribution < -0.4 is 5.73 Å². The van der Waals surface area contributed by atoms with Crippen LogP contribution in [0.25, 0.3) is 0 Å². The summed E-state index contributed by atoms with van der Waals surface area (Å²) in [5.41, 5.74) is 8.91. The van der Waals surface area contributed by atoms with Crippen LogP contribution in [0.5, 0.6) is 0 Å². The average Bonchev–Trinajstić information content (AvgIpc) is 2.18. The molecule has 1 aromatic rings. The number of rotatable bonds is 2. The molecule has 0 spiro atoms. The Labute approximate surface area is 83.5 Å². The van der Waals surface area contributed by atoms with E-state index in [-0.39, 0.29) is 0 Å². The van der Waals surface area contributed by atoms with Crippen molar-refractivity contribution in [2.24, 2.45) is 5.73 Å². The number of hydrogen-bond donors (Lipinski definition) is 1. The van der Waals surface area contributed by atoms with Crippen molar-refractivity contribution in [2.75, 3.05) is 13.2 Å². The first-order chi connectivity index (χ1) is 6.81. The number of ether oxygens (including phenoxy) is 1. The summed E-state index contributed by atoms with van der Waals surface area (Å²) in [5, 5.41) is 0. The summed E-state index contributed by atoms with van der Waals surface area (Å²) < 4.78 is 5.40. The van der Waals surface area contributed by atoms with Crippen LogP contribution in [0.3, 0.4) is 0 Å². The maximum Gasteiger partial charge on any atom is 0.125 e. The van der Waals surface area contributed by atoms with E-state index in [9.17, 15) is 0 Å². The summed E-state index contributed by atoms with van der Waals surface area (Å²) in [6, 6.07) is 0. The van der Waals surface area contributed by atoms with Crippen LogP contribution in [0, 0.1) is 6.92 Å². The lowest BCUT2D eigenvalue weighted by Crippen LogP contribution is -2.18. The molecule has 1 aromatic heterocycles. The highest BCUT2D eigenvalue weighted by molar-refractivity contribution is 5.27. The fourth-order valence-corrected chi connectivity index (χ4v) is 1.78. The first kappa shape index (κ1) is 9.55. The summed E-state index contributed by atoms with van der Waals surface area (Å²) in [7, 11) is 0. The fraction of sp³-hybridized carbons (Fsp3) is 0.600. The molecule has 2 heterocycles. The molecule has 2 rings (SSSR count). The first-order valence-corrected chi connectivity index (χ1v) is 4.94. The Hall–Kier alpha value is -1.00. The van der Waals surface area contributed by atoms with Crippen molar-refractivity contribution in [3.63, 3.8) is 0 Å². The molecular formula is C10H15N3O. The van der Waals surface area contributed by atoms with Crippen molar-refractivity contribution in [1.29, 1.82) is 0 Å². The normalized spacial score (nSPS) is 15.3. The molecule has 0 atom stereocenters.